The number of ether oxygens (including phenoxy) is 2. The van der Waals surface area contributed by atoms with Crippen LogP contribution in [0.2, 0.25) is 10.0 Å². The zero-order valence-electron chi connectivity index (χ0n) is 15.7. The van der Waals surface area contributed by atoms with Crippen LogP contribution in [0.15, 0.2) is 36.4 Å². The fourth-order valence-corrected chi connectivity index (χ4v) is 3.39. The Kier molecular flexibility index (Phi) is 5.96. The fraction of sp³-hybridized carbons (Fsp3) is 0.238. The Bertz CT molecular complexity index is 1050. The number of methoxy groups -OCH3 is 1. The number of hydrogen-bond acceptors (Lipinski definition) is 4. The lowest BCUT2D eigenvalue weighted by molar-refractivity contribution is -0.134. The van der Waals surface area contributed by atoms with Gasteiger partial charge in [-0.3, -0.25) is 14.2 Å². The minimum absolute atomic E-state index is 0.279. The van der Waals surface area contributed by atoms with E-state index in [1.54, 1.807) is 43.3 Å². The molecule has 3 aromatic rings. The zero-order chi connectivity index (χ0) is 20.4. The minimum Gasteiger partial charge on any atom is -0.495 e. The van der Waals surface area contributed by atoms with Gasteiger partial charge < -0.3 is 9.47 Å². The summed E-state index contributed by atoms with van der Waals surface area (Å²) >= 11 is 12.2. The molecule has 7 heteroatoms. The van der Waals surface area contributed by atoms with Crippen LogP contribution in [0, 0.1) is 6.92 Å². The van der Waals surface area contributed by atoms with E-state index in [0.29, 0.717) is 50.1 Å². The molecule has 0 saturated heterocycles. The maximum atomic E-state index is 13.2. The standard InChI is InChI=1S/C21H19Cl2NO4/c1-4-5-19(25)28-20-12(2)24(21(26)13-6-8-14(22)9-7-13)17-11-16(23)18(27-3)10-15(17)20/h6-11H,4-5H2,1-3H3. The van der Waals surface area contributed by atoms with Crippen LogP contribution in [-0.2, 0) is 4.79 Å². The summed E-state index contributed by atoms with van der Waals surface area (Å²) in [6.45, 7) is 3.62. The second-order valence-electron chi connectivity index (χ2n) is 6.29. The quantitative estimate of drug-likeness (QED) is 0.500. The molecule has 1 heterocycles. The smallest absolute Gasteiger partial charge is 0.311 e. The van der Waals surface area contributed by atoms with Crippen molar-refractivity contribution in [3.8, 4) is 11.5 Å². The number of rotatable bonds is 5. The molecule has 5 nitrogen and oxygen atoms in total. The maximum absolute atomic E-state index is 13.2. The van der Waals surface area contributed by atoms with E-state index in [4.69, 9.17) is 32.7 Å². The third-order valence-electron chi connectivity index (χ3n) is 4.38. The van der Waals surface area contributed by atoms with Gasteiger partial charge in [0.15, 0.2) is 5.75 Å². The Balaban J connectivity index is 2.22. The average molecular weight is 420 g/mol. The molecule has 28 heavy (non-hydrogen) atoms. The molecule has 1 aromatic heterocycles. The number of carbonyl (C=O) groups excluding carboxylic acids is 2. The van der Waals surface area contributed by atoms with Gasteiger partial charge in [0, 0.05) is 22.4 Å². The molecule has 0 bridgehead atoms. The molecule has 0 N–H and O–H groups in total. The van der Waals surface area contributed by atoms with Gasteiger partial charge in [-0.2, -0.15) is 0 Å². The first-order valence-electron chi connectivity index (χ1n) is 8.76. The average Bonchev–Trinajstić information content (AvgIpc) is 2.92. The summed E-state index contributed by atoms with van der Waals surface area (Å²) in [5.74, 6) is 0.111. The van der Waals surface area contributed by atoms with E-state index in [0.717, 1.165) is 0 Å². The van der Waals surface area contributed by atoms with Gasteiger partial charge in [-0.25, -0.2) is 0 Å². The third-order valence-corrected chi connectivity index (χ3v) is 4.93. The van der Waals surface area contributed by atoms with E-state index in [-0.39, 0.29) is 18.3 Å². The van der Waals surface area contributed by atoms with Crippen molar-refractivity contribution in [1.29, 1.82) is 0 Å². The number of halogens is 2. The summed E-state index contributed by atoms with van der Waals surface area (Å²) in [5.41, 5.74) is 1.48. The van der Waals surface area contributed by atoms with Crippen molar-refractivity contribution in [2.45, 2.75) is 26.7 Å². The van der Waals surface area contributed by atoms with Crippen LogP contribution in [-0.4, -0.2) is 23.6 Å². The second kappa shape index (κ2) is 8.25. The Morgan fingerprint density at radius 3 is 2.39 bits per heavy atom. The van der Waals surface area contributed by atoms with Crippen molar-refractivity contribution >= 4 is 46.0 Å². The molecule has 0 spiro atoms. The molecule has 3 rings (SSSR count). The van der Waals surface area contributed by atoms with Gasteiger partial charge >= 0.3 is 5.97 Å². The van der Waals surface area contributed by atoms with Crippen molar-refractivity contribution in [2.75, 3.05) is 7.11 Å². The SMILES string of the molecule is CCCC(=O)Oc1c(C)n(C(=O)c2ccc(Cl)cc2)c2cc(Cl)c(OC)cc12. The van der Waals surface area contributed by atoms with Gasteiger partial charge in [-0.15, -0.1) is 0 Å². The van der Waals surface area contributed by atoms with E-state index in [1.807, 2.05) is 6.92 Å². The first-order valence-corrected chi connectivity index (χ1v) is 9.52. The molecule has 0 aliphatic carbocycles. The molecule has 2 aromatic carbocycles. The number of aromatic nitrogens is 1. The molecular formula is C21H19Cl2NO4. The summed E-state index contributed by atoms with van der Waals surface area (Å²) in [4.78, 5) is 25.3. The number of esters is 1. The number of nitrogens with zero attached hydrogens (tertiary/aromatic N) is 1. The molecule has 146 valence electrons. The van der Waals surface area contributed by atoms with Crippen LogP contribution in [0.1, 0.15) is 35.8 Å². The fourth-order valence-electron chi connectivity index (χ4n) is 3.02. The topological polar surface area (TPSA) is 57.5 Å². The van der Waals surface area contributed by atoms with Crippen LogP contribution in [0.25, 0.3) is 10.9 Å². The highest BCUT2D eigenvalue weighted by atomic mass is 35.5. The van der Waals surface area contributed by atoms with Gasteiger partial charge in [-0.1, -0.05) is 30.1 Å². The van der Waals surface area contributed by atoms with Gasteiger partial charge in [-0.05, 0) is 49.7 Å². The lowest BCUT2D eigenvalue weighted by Gasteiger charge is -2.08. The highest BCUT2D eigenvalue weighted by Gasteiger charge is 2.24. The minimum atomic E-state index is -0.363. The summed E-state index contributed by atoms with van der Waals surface area (Å²) in [5, 5.41) is 1.46. The third kappa shape index (κ3) is 3.73. The van der Waals surface area contributed by atoms with Crippen molar-refractivity contribution < 1.29 is 19.1 Å². The van der Waals surface area contributed by atoms with Crippen molar-refractivity contribution in [3.05, 3.63) is 57.7 Å². The van der Waals surface area contributed by atoms with Crippen LogP contribution >= 0.6 is 23.2 Å². The number of carbonyl (C=O) groups is 2. The lowest BCUT2D eigenvalue weighted by atomic mass is 10.2. The van der Waals surface area contributed by atoms with Crippen LogP contribution in [0.5, 0.6) is 11.5 Å². The van der Waals surface area contributed by atoms with Crippen molar-refractivity contribution in [1.82, 2.24) is 4.57 Å². The maximum Gasteiger partial charge on any atom is 0.311 e. The van der Waals surface area contributed by atoms with Gasteiger partial charge in [0.1, 0.15) is 5.75 Å². The molecule has 0 atom stereocenters. The van der Waals surface area contributed by atoms with Gasteiger partial charge in [0.25, 0.3) is 5.91 Å². The molecule has 0 saturated carbocycles. The summed E-state index contributed by atoms with van der Waals surface area (Å²) < 4.78 is 12.4. The van der Waals surface area contributed by atoms with Crippen LogP contribution in [0.4, 0.5) is 0 Å². The second-order valence-corrected chi connectivity index (χ2v) is 7.13. The lowest BCUT2D eigenvalue weighted by Crippen LogP contribution is -2.14. The molecule has 0 fully saturated rings. The van der Waals surface area contributed by atoms with E-state index >= 15 is 0 Å². The van der Waals surface area contributed by atoms with Gasteiger partial charge in [0.05, 0.1) is 23.3 Å². The Morgan fingerprint density at radius 1 is 1.11 bits per heavy atom. The number of hydrogen-bond donors (Lipinski definition) is 0. The Labute approximate surface area is 172 Å². The summed E-state index contributed by atoms with van der Waals surface area (Å²) in [6, 6.07) is 9.88. The molecule has 0 aliphatic heterocycles. The molecule has 0 radical (unpaired) electrons. The van der Waals surface area contributed by atoms with E-state index in [2.05, 4.69) is 0 Å². The monoisotopic (exact) mass is 419 g/mol. The molecule has 0 aliphatic rings. The molecule has 0 unspecified atom stereocenters. The van der Waals surface area contributed by atoms with Crippen LogP contribution in [0.3, 0.4) is 0 Å². The largest absolute Gasteiger partial charge is 0.495 e. The Morgan fingerprint density at radius 2 is 1.79 bits per heavy atom. The van der Waals surface area contributed by atoms with Crippen molar-refractivity contribution in [3.63, 3.8) is 0 Å². The van der Waals surface area contributed by atoms with E-state index < -0.39 is 0 Å². The zero-order valence-corrected chi connectivity index (χ0v) is 17.2. The highest BCUT2D eigenvalue weighted by Crippen LogP contribution is 2.39. The van der Waals surface area contributed by atoms with E-state index in [9.17, 15) is 9.59 Å². The summed E-state index contributed by atoms with van der Waals surface area (Å²) in [7, 11) is 1.50. The molecular weight excluding hydrogens is 401 g/mol. The predicted octanol–water partition coefficient (Wildman–Crippen LogP) is 5.66. The highest BCUT2D eigenvalue weighted by molar-refractivity contribution is 6.33. The predicted molar refractivity (Wildman–Crippen MR) is 110 cm³/mol. The van der Waals surface area contributed by atoms with E-state index in [1.165, 1.54) is 11.7 Å². The Hall–Kier alpha value is -2.50. The van der Waals surface area contributed by atoms with Crippen LogP contribution < -0.4 is 9.47 Å². The normalized spacial score (nSPS) is 10.9. The molecule has 0 amide bonds. The summed E-state index contributed by atoms with van der Waals surface area (Å²) in [6.07, 6.45) is 0.942. The first-order chi connectivity index (χ1) is 13.4. The number of benzene rings is 2. The number of fused-ring (bicyclic) bond motifs is 1. The van der Waals surface area contributed by atoms with Crippen molar-refractivity contribution in [2.24, 2.45) is 0 Å². The van der Waals surface area contributed by atoms with Gasteiger partial charge in [0.2, 0.25) is 0 Å². The first kappa shape index (κ1) is 20.2.